The number of ether oxygens (including phenoxy) is 3. The quantitative estimate of drug-likeness (QED) is 0.120. The number of imidazole rings is 1. The molecule has 3 amide bonds. The average Bonchev–Trinajstić information content (AvgIpc) is 3.60. The summed E-state index contributed by atoms with van der Waals surface area (Å²) in [5.41, 5.74) is 5.54. The van der Waals surface area contributed by atoms with Gasteiger partial charge in [0.25, 0.3) is 5.91 Å². The van der Waals surface area contributed by atoms with Crippen LogP contribution in [0.4, 0.5) is 10.5 Å². The molecule has 13 nitrogen and oxygen atoms in total. The SMILES string of the molecule is CNC(=O)N(C(=O)c1ccc(-c2cccc3[nH]c(CN4CCOCC4)nc23)c(OC)c1)c1ccc(C)cc1OCCCCC(=C=O)N1CCN(C)CC1.Cl.Cl.Cl. The number of hydrogen-bond donors (Lipinski definition) is 2. The van der Waals surface area contributed by atoms with Crippen molar-refractivity contribution in [1.82, 2.24) is 30.0 Å². The van der Waals surface area contributed by atoms with Gasteiger partial charge >= 0.3 is 6.03 Å². The summed E-state index contributed by atoms with van der Waals surface area (Å²) < 4.78 is 17.6. The van der Waals surface area contributed by atoms with Crippen LogP contribution in [0.15, 0.2) is 60.3 Å². The molecule has 0 saturated carbocycles. The van der Waals surface area contributed by atoms with Crippen molar-refractivity contribution in [3.8, 4) is 22.6 Å². The lowest BCUT2D eigenvalue weighted by atomic mass is 10.0. The van der Waals surface area contributed by atoms with Crippen molar-refractivity contribution >= 4 is 71.8 Å². The van der Waals surface area contributed by atoms with Crippen LogP contribution < -0.4 is 19.7 Å². The van der Waals surface area contributed by atoms with Crippen molar-refractivity contribution in [2.75, 3.05) is 85.2 Å². The summed E-state index contributed by atoms with van der Waals surface area (Å²) in [5, 5.41) is 2.61. The highest BCUT2D eigenvalue weighted by Crippen LogP contribution is 2.37. The number of hydrogen-bond acceptors (Lipinski definition) is 10. The Morgan fingerprint density at radius 1 is 0.946 bits per heavy atom. The van der Waals surface area contributed by atoms with E-state index < -0.39 is 11.9 Å². The molecule has 0 unspecified atom stereocenters. The zero-order valence-electron chi connectivity index (χ0n) is 32.3. The molecular formula is C40H52Cl3N7O6. The number of benzene rings is 3. The van der Waals surface area contributed by atoms with Gasteiger partial charge in [-0.25, -0.2) is 19.5 Å². The van der Waals surface area contributed by atoms with Gasteiger partial charge in [0.1, 0.15) is 23.3 Å². The number of anilines is 1. The molecule has 1 aromatic heterocycles. The number of aromatic nitrogens is 2. The van der Waals surface area contributed by atoms with Crippen molar-refractivity contribution in [3.05, 3.63) is 77.2 Å². The van der Waals surface area contributed by atoms with Gasteiger partial charge in [0, 0.05) is 63.0 Å². The number of halogens is 3. The van der Waals surface area contributed by atoms with Gasteiger partial charge in [-0.15, -0.1) is 37.2 Å². The topological polar surface area (TPSA) is 133 Å². The Bertz CT molecular complexity index is 1980. The lowest BCUT2D eigenvalue weighted by molar-refractivity contribution is 0.0332. The maximum absolute atomic E-state index is 14.2. The molecule has 4 aromatic rings. The Morgan fingerprint density at radius 2 is 1.70 bits per heavy atom. The Balaban J connectivity index is 0.00000280. The normalized spacial score (nSPS) is 14.4. The van der Waals surface area contributed by atoms with Crippen LogP contribution in [0.5, 0.6) is 11.5 Å². The van der Waals surface area contributed by atoms with Gasteiger partial charge < -0.3 is 34.3 Å². The molecular weight excluding hydrogens is 781 g/mol. The van der Waals surface area contributed by atoms with E-state index >= 15 is 0 Å². The first-order chi connectivity index (χ1) is 25.8. The van der Waals surface area contributed by atoms with Crippen molar-refractivity contribution in [1.29, 1.82) is 0 Å². The highest BCUT2D eigenvalue weighted by Gasteiger charge is 2.28. The molecule has 6 rings (SSSR count). The molecule has 2 aliphatic rings. The third kappa shape index (κ3) is 10.9. The van der Waals surface area contributed by atoms with Crippen LogP contribution in [-0.4, -0.2) is 123 Å². The van der Waals surface area contributed by atoms with Crippen molar-refractivity contribution in [2.45, 2.75) is 32.7 Å². The molecule has 0 bridgehead atoms. The number of nitrogens with one attached hydrogen (secondary N) is 2. The molecule has 2 saturated heterocycles. The van der Waals surface area contributed by atoms with E-state index in [9.17, 15) is 14.4 Å². The molecule has 16 heteroatoms. The van der Waals surface area contributed by atoms with E-state index in [2.05, 4.69) is 38.0 Å². The summed E-state index contributed by atoms with van der Waals surface area (Å²) in [6, 6.07) is 15.9. The number of aryl methyl sites for hydroxylation is 1. The molecule has 0 aliphatic carbocycles. The Morgan fingerprint density at radius 3 is 2.39 bits per heavy atom. The third-order valence-electron chi connectivity index (χ3n) is 9.82. The number of nitrogens with zero attached hydrogens (tertiary/aromatic N) is 5. The van der Waals surface area contributed by atoms with Gasteiger partial charge in [0.15, 0.2) is 0 Å². The number of unbranched alkanes of at least 4 members (excludes halogenated alkanes) is 1. The minimum Gasteiger partial charge on any atom is -0.496 e. The highest BCUT2D eigenvalue weighted by atomic mass is 35.5. The lowest BCUT2D eigenvalue weighted by Gasteiger charge is -2.34. The number of H-pyrrole nitrogens is 1. The number of aromatic amines is 1. The fraction of sp³-hybridized carbons (Fsp3) is 0.425. The predicted octanol–water partition coefficient (Wildman–Crippen LogP) is 6.14. The number of para-hydroxylation sites is 1. The Labute approximate surface area is 346 Å². The minimum absolute atomic E-state index is 0. The van der Waals surface area contributed by atoms with Crippen LogP contribution in [0.1, 0.15) is 41.0 Å². The second kappa shape index (κ2) is 21.8. The number of allylic oxidation sites excluding steroid dienone is 1. The van der Waals surface area contributed by atoms with Crippen molar-refractivity contribution < 1.29 is 28.6 Å². The number of methoxy groups -OCH3 is 1. The standard InChI is InChI=1S/C40H49N7O6.3ClH/c1-28-11-14-34(36(24-28)53-21-6-5-8-30(27-48)46-17-15-44(3)16-18-46)47(40(50)41-2)39(49)29-12-13-31(35(25-29)51-4)32-9-7-10-33-38(32)43-37(42-33)26-45-19-22-52-23-20-45;;;/h7,9-14,24-25H,5-6,8,15-23,26H2,1-4H3,(H,41,50)(H,42,43);3*1H. The monoisotopic (exact) mass is 831 g/mol. The molecule has 56 heavy (non-hydrogen) atoms. The van der Waals surface area contributed by atoms with Crippen LogP contribution in [0, 0.1) is 6.92 Å². The van der Waals surface area contributed by atoms with E-state index in [1.54, 1.807) is 25.3 Å². The van der Waals surface area contributed by atoms with Crippen LogP contribution in [-0.2, 0) is 16.1 Å². The number of imide groups is 1. The van der Waals surface area contributed by atoms with Crippen molar-refractivity contribution in [3.63, 3.8) is 0 Å². The number of amides is 3. The van der Waals surface area contributed by atoms with Crippen LogP contribution in [0.25, 0.3) is 22.2 Å². The maximum Gasteiger partial charge on any atom is 0.328 e. The number of fused-ring (bicyclic) bond motifs is 1. The summed E-state index contributed by atoms with van der Waals surface area (Å²) in [6.45, 7) is 9.57. The number of piperazine rings is 1. The smallest absolute Gasteiger partial charge is 0.328 e. The molecule has 0 radical (unpaired) electrons. The van der Waals surface area contributed by atoms with Crippen LogP contribution in [0.2, 0.25) is 0 Å². The van der Waals surface area contributed by atoms with Gasteiger partial charge in [-0.3, -0.25) is 9.69 Å². The van der Waals surface area contributed by atoms with Gasteiger partial charge in [-0.1, -0.05) is 18.2 Å². The number of rotatable bonds is 13. The van der Waals surface area contributed by atoms with Gasteiger partial charge in [0.05, 0.1) is 55.9 Å². The van der Waals surface area contributed by atoms with E-state index in [0.717, 1.165) is 84.1 Å². The molecule has 0 spiro atoms. The first-order valence-corrected chi connectivity index (χ1v) is 18.2. The number of morpholine rings is 1. The van der Waals surface area contributed by atoms with Gasteiger partial charge in [0.2, 0.25) is 0 Å². The number of carbonyl (C=O) groups is 2. The zero-order valence-corrected chi connectivity index (χ0v) is 34.7. The average molecular weight is 833 g/mol. The highest BCUT2D eigenvalue weighted by molar-refractivity contribution is 6.21. The van der Waals surface area contributed by atoms with Crippen LogP contribution in [0.3, 0.4) is 0 Å². The summed E-state index contributed by atoms with van der Waals surface area (Å²) >= 11 is 0. The van der Waals surface area contributed by atoms with Gasteiger partial charge in [-0.2, -0.15) is 0 Å². The number of urea groups is 1. The van der Waals surface area contributed by atoms with Gasteiger partial charge in [-0.05, 0) is 75.2 Å². The molecule has 0 atom stereocenters. The molecule has 2 aliphatic heterocycles. The van der Waals surface area contributed by atoms with Crippen molar-refractivity contribution in [2.24, 2.45) is 0 Å². The van der Waals surface area contributed by atoms with E-state index in [1.807, 2.05) is 43.3 Å². The summed E-state index contributed by atoms with van der Waals surface area (Å²) in [7, 11) is 5.12. The second-order valence-corrected chi connectivity index (χ2v) is 13.5. The second-order valence-electron chi connectivity index (χ2n) is 13.5. The Kier molecular flexibility index (Phi) is 18.0. The molecule has 2 N–H and O–H groups in total. The number of likely N-dealkylation sites (N-methyl/N-ethyl adjacent to an activating group) is 1. The summed E-state index contributed by atoms with van der Waals surface area (Å²) in [4.78, 5) is 55.5. The number of carbonyl (C=O) groups excluding carboxylic acids is 3. The molecule has 2 fully saturated rings. The zero-order chi connectivity index (χ0) is 37.3. The first-order valence-electron chi connectivity index (χ1n) is 18.2. The predicted molar refractivity (Wildman–Crippen MR) is 226 cm³/mol. The summed E-state index contributed by atoms with van der Waals surface area (Å²) in [5.74, 6) is 3.35. The third-order valence-corrected chi connectivity index (χ3v) is 9.82. The summed E-state index contributed by atoms with van der Waals surface area (Å²) in [6.07, 6.45) is 2.03. The van der Waals surface area contributed by atoms with E-state index in [1.165, 1.54) is 7.05 Å². The molecule has 3 heterocycles. The fourth-order valence-electron chi connectivity index (χ4n) is 6.79. The largest absolute Gasteiger partial charge is 0.496 e. The minimum atomic E-state index is -0.603. The molecule has 304 valence electrons. The van der Waals surface area contributed by atoms with Crippen LogP contribution >= 0.6 is 37.2 Å². The maximum atomic E-state index is 14.2. The van der Waals surface area contributed by atoms with E-state index in [-0.39, 0.29) is 42.8 Å². The first kappa shape index (κ1) is 46.1. The van der Waals surface area contributed by atoms with E-state index in [4.69, 9.17) is 19.2 Å². The fourth-order valence-corrected chi connectivity index (χ4v) is 6.79. The van der Waals surface area contributed by atoms with E-state index in [0.29, 0.717) is 62.1 Å². The molecule has 3 aromatic carbocycles. The lowest BCUT2D eigenvalue weighted by Crippen LogP contribution is -2.44. The Hall–Kier alpha value is -4.33.